The molecule has 0 bridgehead atoms. The van der Waals surface area contributed by atoms with Crippen LogP contribution in [0.2, 0.25) is 0 Å². The van der Waals surface area contributed by atoms with Crippen LogP contribution in [0.3, 0.4) is 0 Å². The quantitative estimate of drug-likeness (QED) is 0.841. The molecule has 2 aromatic rings. The number of rotatable bonds is 4. The standard InChI is InChI=1S/C20H27N5O/c1-14-18(11-21-20(22-14)23(2)3)19(26)25(5)13-17-10-15-8-6-7-9-16(15)12-24(17)4/h6-9,11,17H,10,12-13H2,1-5H3/t17-/m0/s1. The minimum absolute atomic E-state index is 0.0277. The van der Waals surface area contributed by atoms with Crippen molar-refractivity contribution in [2.24, 2.45) is 0 Å². The number of likely N-dealkylation sites (N-methyl/N-ethyl adjacent to an activating group) is 2. The summed E-state index contributed by atoms with van der Waals surface area (Å²) in [5.41, 5.74) is 4.04. The van der Waals surface area contributed by atoms with Gasteiger partial charge in [0.05, 0.1) is 11.3 Å². The smallest absolute Gasteiger partial charge is 0.257 e. The van der Waals surface area contributed by atoms with Gasteiger partial charge in [0.25, 0.3) is 5.91 Å². The topological polar surface area (TPSA) is 52.6 Å². The lowest BCUT2D eigenvalue weighted by Crippen LogP contribution is -2.46. The zero-order chi connectivity index (χ0) is 18.8. The molecule has 2 heterocycles. The summed E-state index contributed by atoms with van der Waals surface area (Å²) in [6, 6.07) is 8.85. The van der Waals surface area contributed by atoms with Crippen molar-refractivity contribution >= 4 is 11.9 Å². The number of nitrogens with zero attached hydrogens (tertiary/aromatic N) is 5. The predicted molar refractivity (Wildman–Crippen MR) is 103 cm³/mol. The molecule has 1 aromatic heterocycles. The van der Waals surface area contributed by atoms with Gasteiger partial charge < -0.3 is 9.80 Å². The Morgan fingerprint density at radius 2 is 1.92 bits per heavy atom. The lowest BCUT2D eigenvalue weighted by atomic mass is 9.94. The van der Waals surface area contributed by atoms with E-state index in [1.54, 1.807) is 11.1 Å². The summed E-state index contributed by atoms with van der Waals surface area (Å²) in [4.78, 5) is 27.5. The fourth-order valence-electron chi connectivity index (χ4n) is 3.41. The first-order chi connectivity index (χ1) is 12.4. The number of fused-ring (bicyclic) bond motifs is 1. The molecule has 1 aliphatic heterocycles. The van der Waals surface area contributed by atoms with Gasteiger partial charge >= 0.3 is 0 Å². The number of aromatic nitrogens is 2. The van der Waals surface area contributed by atoms with Gasteiger partial charge in [-0.05, 0) is 31.5 Å². The average Bonchev–Trinajstić information content (AvgIpc) is 2.61. The van der Waals surface area contributed by atoms with Gasteiger partial charge in [-0.3, -0.25) is 9.69 Å². The van der Waals surface area contributed by atoms with Gasteiger partial charge in [-0.1, -0.05) is 24.3 Å². The Morgan fingerprint density at radius 3 is 2.58 bits per heavy atom. The van der Waals surface area contributed by atoms with Crippen molar-refractivity contribution in [1.82, 2.24) is 19.8 Å². The predicted octanol–water partition coefficient (Wildman–Crippen LogP) is 1.98. The average molecular weight is 353 g/mol. The maximum absolute atomic E-state index is 12.9. The highest BCUT2D eigenvalue weighted by atomic mass is 16.2. The third-order valence-electron chi connectivity index (χ3n) is 5.05. The molecule has 1 amide bonds. The third-order valence-corrected chi connectivity index (χ3v) is 5.05. The molecule has 6 heteroatoms. The number of amides is 1. The minimum Gasteiger partial charge on any atom is -0.347 e. The molecular formula is C20H27N5O. The molecule has 3 rings (SSSR count). The number of carbonyl (C=O) groups excluding carboxylic acids is 1. The van der Waals surface area contributed by atoms with Crippen molar-refractivity contribution < 1.29 is 4.79 Å². The molecule has 0 N–H and O–H groups in total. The molecule has 1 aliphatic rings. The molecule has 0 radical (unpaired) electrons. The van der Waals surface area contributed by atoms with Crippen molar-refractivity contribution in [1.29, 1.82) is 0 Å². The Labute approximate surface area is 155 Å². The maximum Gasteiger partial charge on any atom is 0.257 e. The molecule has 1 atom stereocenters. The number of carbonyl (C=O) groups is 1. The van der Waals surface area contributed by atoms with Crippen LogP contribution < -0.4 is 4.90 Å². The highest BCUT2D eigenvalue weighted by Crippen LogP contribution is 2.22. The van der Waals surface area contributed by atoms with E-state index in [0.29, 0.717) is 29.8 Å². The SMILES string of the molecule is Cc1nc(N(C)C)ncc1C(=O)N(C)C[C@@H]1Cc2ccccc2CN1C. The van der Waals surface area contributed by atoms with Crippen LogP contribution >= 0.6 is 0 Å². The zero-order valence-corrected chi connectivity index (χ0v) is 16.2. The number of aryl methyl sites for hydroxylation is 1. The van der Waals surface area contributed by atoms with E-state index in [4.69, 9.17) is 0 Å². The van der Waals surface area contributed by atoms with Crippen LogP contribution in [0.4, 0.5) is 5.95 Å². The van der Waals surface area contributed by atoms with Gasteiger partial charge in [-0.15, -0.1) is 0 Å². The second-order valence-corrected chi connectivity index (χ2v) is 7.29. The summed E-state index contributed by atoms with van der Waals surface area (Å²) in [5, 5.41) is 0. The highest BCUT2D eigenvalue weighted by Gasteiger charge is 2.26. The lowest BCUT2D eigenvalue weighted by Gasteiger charge is -2.36. The van der Waals surface area contributed by atoms with Gasteiger partial charge in [0, 0.05) is 46.5 Å². The van der Waals surface area contributed by atoms with E-state index in [9.17, 15) is 4.79 Å². The van der Waals surface area contributed by atoms with Crippen molar-refractivity contribution in [2.45, 2.75) is 25.9 Å². The molecular weight excluding hydrogens is 326 g/mol. The van der Waals surface area contributed by atoms with Crippen molar-refractivity contribution in [3.05, 3.63) is 52.8 Å². The van der Waals surface area contributed by atoms with Gasteiger partial charge in [-0.2, -0.15) is 0 Å². The van der Waals surface area contributed by atoms with Crippen molar-refractivity contribution in [3.8, 4) is 0 Å². The summed E-state index contributed by atoms with van der Waals surface area (Å²) in [6.07, 6.45) is 2.59. The van der Waals surface area contributed by atoms with Gasteiger partial charge in [0.1, 0.15) is 0 Å². The number of hydrogen-bond acceptors (Lipinski definition) is 5. The first-order valence-electron chi connectivity index (χ1n) is 8.90. The summed E-state index contributed by atoms with van der Waals surface area (Å²) in [6.45, 7) is 3.46. The Morgan fingerprint density at radius 1 is 1.23 bits per heavy atom. The molecule has 0 unspecified atom stereocenters. The normalized spacial score (nSPS) is 16.9. The van der Waals surface area contributed by atoms with Crippen molar-refractivity contribution in [2.75, 3.05) is 39.6 Å². The summed E-state index contributed by atoms with van der Waals surface area (Å²) < 4.78 is 0. The molecule has 138 valence electrons. The molecule has 1 aromatic carbocycles. The first-order valence-corrected chi connectivity index (χ1v) is 8.90. The fourth-order valence-corrected chi connectivity index (χ4v) is 3.41. The molecule has 0 saturated carbocycles. The van der Waals surface area contributed by atoms with Crippen LogP contribution in [0.5, 0.6) is 0 Å². The second-order valence-electron chi connectivity index (χ2n) is 7.29. The molecule has 26 heavy (non-hydrogen) atoms. The fraction of sp³-hybridized carbons (Fsp3) is 0.450. The van der Waals surface area contributed by atoms with E-state index in [0.717, 1.165) is 13.0 Å². The van der Waals surface area contributed by atoms with Crippen molar-refractivity contribution in [3.63, 3.8) is 0 Å². The van der Waals surface area contributed by atoms with Gasteiger partial charge in [-0.25, -0.2) is 9.97 Å². The van der Waals surface area contributed by atoms with Crippen LogP contribution in [0, 0.1) is 6.92 Å². The van der Waals surface area contributed by atoms with E-state index < -0.39 is 0 Å². The van der Waals surface area contributed by atoms with Crippen LogP contribution in [0.25, 0.3) is 0 Å². The molecule has 6 nitrogen and oxygen atoms in total. The van der Waals surface area contributed by atoms with E-state index in [1.165, 1.54) is 11.1 Å². The Balaban J connectivity index is 1.72. The molecule has 0 spiro atoms. The Kier molecular flexibility index (Phi) is 5.23. The summed E-state index contributed by atoms with van der Waals surface area (Å²) in [7, 11) is 7.76. The third kappa shape index (κ3) is 3.70. The maximum atomic E-state index is 12.9. The van der Waals surface area contributed by atoms with Crippen LogP contribution in [-0.2, 0) is 13.0 Å². The minimum atomic E-state index is -0.0277. The van der Waals surface area contributed by atoms with Crippen LogP contribution in [0.15, 0.2) is 30.5 Å². The van der Waals surface area contributed by atoms with E-state index in [1.807, 2.05) is 33.0 Å². The second kappa shape index (κ2) is 7.41. The Hall–Kier alpha value is -2.47. The van der Waals surface area contributed by atoms with E-state index >= 15 is 0 Å². The van der Waals surface area contributed by atoms with Gasteiger partial charge in [0.15, 0.2) is 0 Å². The molecule has 0 aliphatic carbocycles. The highest BCUT2D eigenvalue weighted by molar-refractivity contribution is 5.94. The Bertz CT molecular complexity index is 805. The zero-order valence-electron chi connectivity index (χ0n) is 16.2. The molecule has 0 fully saturated rings. The lowest BCUT2D eigenvalue weighted by molar-refractivity contribution is 0.0732. The monoisotopic (exact) mass is 353 g/mol. The largest absolute Gasteiger partial charge is 0.347 e. The summed E-state index contributed by atoms with van der Waals surface area (Å²) >= 11 is 0. The van der Waals surface area contributed by atoms with E-state index in [-0.39, 0.29) is 5.91 Å². The van der Waals surface area contributed by atoms with E-state index in [2.05, 4.69) is 46.2 Å². The number of anilines is 1. The van der Waals surface area contributed by atoms with Crippen LogP contribution in [0.1, 0.15) is 27.2 Å². The first kappa shape index (κ1) is 18.3. The number of hydrogen-bond donors (Lipinski definition) is 0. The number of benzene rings is 1. The van der Waals surface area contributed by atoms with Gasteiger partial charge in [0.2, 0.25) is 5.95 Å². The van der Waals surface area contributed by atoms with Crippen LogP contribution in [-0.4, -0.2) is 66.5 Å². The summed E-state index contributed by atoms with van der Waals surface area (Å²) in [5.74, 6) is 0.588. The molecule has 0 saturated heterocycles.